The highest BCUT2D eigenvalue weighted by Crippen LogP contribution is 2.18. The molecule has 2 aromatic rings. The highest BCUT2D eigenvalue weighted by molar-refractivity contribution is 7.98. The van der Waals surface area contributed by atoms with Crippen LogP contribution in [0.5, 0.6) is 0 Å². The first-order chi connectivity index (χ1) is 8.78. The lowest BCUT2D eigenvalue weighted by atomic mass is 10.2. The van der Waals surface area contributed by atoms with Gasteiger partial charge in [0.1, 0.15) is 0 Å². The predicted octanol–water partition coefficient (Wildman–Crippen LogP) is 4.04. The molecule has 0 saturated heterocycles. The Morgan fingerprint density at radius 1 is 1.28 bits per heavy atom. The summed E-state index contributed by atoms with van der Waals surface area (Å²) >= 11 is 3.39. The highest BCUT2D eigenvalue weighted by Gasteiger charge is 2.03. The van der Waals surface area contributed by atoms with Gasteiger partial charge in [-0.15, -0.1) is 23.1 Å². The van der Waals surface area contributed by atoms with Gasteiger partial charge < -0.3 is 5.32 Å². The molecular formula is C14H15NOS2. The van der Waals surface area contributed by atoms with Crippen molar-refractivity contribution in [2.75, 3.05) is 11.6 Å². The molecule has 0 saturated carbocycles. The van der Waals surface area contributed by atoms with E-state index in [4.69, 9.17) is 0 Å². The molecule has 1 aromatic carbocycles. The van der Waals surface area contributed by atoms with Gasteiger partial charge in [-0.25, -0.2) is 0 Å². The smallest absolute Gasteiger partial charge is 0.224 e. The number of nitrogens with one attached hydrogen (secondary N) is 1. The van der Waals surface area contributed by atoms with Crippen molar-refractivity contribution in [2.24, 2.45) is 0 Å². The molecule has 94 valence electrons. The lowest BCUT2D eigenvalue weighted by Gasteiger charge is -2.05. The monoisotopic (exact) mass is 277 g/mol. The van der Waals surface area contributed by atoms with Crippen LogP contribution in [0.3, 0.4) is 0 Å². The van der Waals surface area contributed by atoms with E-state index in [2.05, 4.69) is 11.4 Å². The van der Waals surface area contributed by atoms with Crippen molar-refractivity contribution in [3.05, 3.63) is 46.7 Å². The lowest BCUT2D eigenvalue weighted by Crippen LogP contribution is -2.11. The van der Waals surface area contributed by atoms with Crippen LogP contribution in [0.25, 0.3) is 0 Å². The number of hydrogen-bond donors (Lipinski definition) is 1. The largest absolute Gasteiger partial charge is 0.326 e. The summed E-state index contributed by atoms with van der Waals surface area (Å²) in [5.41, 5.74) is 0.865. The van der Waals surface area contributed by atoms with Crippen LogP contribution in [0, 0.1) is 0 Å². The lowest BCUT2D eigenvalue weighted by molar-refractivity contribution is -0.116. The number of thiophene rings is 1. The Bertz CT molecular complexity index is 491. The molecule has 0 aliphatic heterocycles. The number of amides is 1. The van der Waals surface area contributed by atoms with E-state index in [0.29, 0.717) is 6.42 Å². The van der Waals surface area contributed by atoms with Gasteiger partial charge in [0, 0.05) is 21.9 Å². The van der Waals surface area contributed by atoms with E-state index in [1.54, 1.807) is 23.1 Å². The quantitative estimate of drug-likeness (QED) is 0.836. The number of benzene rings is 1. The zero-order chi connectivity index (χ0) is 12.8. The van der Waals surface area contributed by atoms with Crippen LogP contribution in [0.1, 0.15) is 11.3 Å². The van der Waals surface area contributed by atoms with E-state index in [9.17, 15) is 4.79 Å². The maximum absolute atomic E-state index is 11.8. The van der Waals surface area contributed by atoms with Crippen LogP contribution in [0.15, 0.2) is 46.7 Å². The Morgan fingerprint density at radius 2 is 2.06 bits per heavy atom. The summed E-state index contributed by atoms with van der Waals surface area (Å²) in [6, 6.07) is 12.0. The van der Waals surface area contributed by atoms with Gasteiger partial charge in [0.15, 0.2) is 0 Å². The molecule has 1 N–H and O–H groups in total. The van der Waals surface area contributed by atoms with Gasteiger partial charge >= 0.3 is 0 Å². The first kappa shape index (κ1) is 13.2. The zero-order valence-corrected chi connectivity index (χ0v) is 11.8. The number of aryl methyl sites for hydroxylation is 1. The van der Waals surface area contributed by atoms with Gasteiger partial charge in [-0.3, -0.25) is 4.79 Å². The normalized spacial score (nSPS) is 10.3. The van der Waals surface area contributed by atoms with E-state index >= 15 is 0 Å². The summed E-state index contributed by atoms with van der Waals surface area (Å²) in [7, 11) is 0. The predicted molar refractivity (Wildman–Crippen MR) is 79.5 cm³/mol. The molecule has 18 heavy (non-hydrogen) atoms. The van der Waals surface area contributed by atoms with Crippen LogP contribution in [-0.4, -0.2) is 12.2 Å². The van der Waals surface area contributed by atoms with E-state index in [1.165, 1.54) is 9.77 Å². The van der Waals surface area contributed by atoms with Crippen LogP contribution in [0.4, 0.5) is 5.69 Å². The van der Waals surface area contributed by atoms with Crippen molar-refractivity contribution in [1.29, 1.82) is 0 Å². The van der Waals surface area contributed by atoms with E-state index in [0.717, 1.165) is 12.1 Å². The number of rotatable bonds is 5. The van der Waals surface area contributed by atoms with Crippen LogP contribution in [0.2, 0.25) is 0 Å². The zero-order valence-electron chi connectivity index (χ0n) is 10.2. The number of carbonyl (C=O) groups is 1. The molecule has 0 radical (unpaired) electrons. The Labute approximate surface area is 115 Å². The summed E-state index contributed by atoms with van der Waals surface area (Å²) in [5, 5.41) is 4.95. The van der Waals surface area contributed by atoms with Crippen molar-refractivity contribution in [1.82, 2.24) is 0 Å². The van der Waals surface area contributed by atoms with Crippen molar-refractivity contribution in [3.63, 3.8) is 0 Å². The number of carbonyl (C=O) groups excluding carboxylic acids is 1. The third-order valence-electron chi connectivity index (χ3n) is 2.55. The molecule has 1 amide bonds. The number of thioether (sulfide) groups is 1. The fourth-order valence-corrected chi connectivity index (χ4v) is 2.71. The Morgan fingerprint density at radius 3 is 2.67 bits per heavy atom. The van der Waals surface area contributed by atoms with Crippen LogP contribution < -0.4 is 5.32 Å². The first-order valence-corrected chi connectivity index (χ1v) is 7.84. The average Bonchev–Trinajstić information content (AvgIpc) is 2.90. The fraction of sp³-hybridized carbons (Fsp3) is 0.214. The summed E-state index contributed by atoms with van der Waals surface area (Å²) in [5.74, 6) is 0.0697. The molecule has 1 aromatic heterocycles. The minimum absolute atomic E-state index is 0.0697. The second kappa shape index (κ2) is 6.61. The van der Waals surface area contributed by atoms with Gasteiger partial charge in [0.25, 0.3) is 0 Å². The van der Waals surface area contributed by atoms with E-state index < -0.39 is 0 Å². The molecule has 0 spiro atoms. The summed E-state index contributed by atoms with van der Waals surface area (Å²) < 4.78 is 0. The van der Waals surface area contributed by atoms with Crippen molar-refractivity contribution < 1.29 is 4.79 Å². The molecule has 2 rings (SSSR count). The van der Waals surface area contributed by atoms with E-state index in [-0.39, 0.29) is 5.91 Å². The second-order valence-electron chi connectivity index (χ2n) is 3.86. The molecular weight excluding hydrogens is 262 g/mol. The average molecular weight is 277 g/mol. The summed E-state index contributed by atoms with van der Waals surface area (Å²) in [6.45, 7) is 0. The maximum atomic E-state index is 11.8. The minimum Gasteiger partial charge on any atom is -0.326 e. The Balaban J connectivity index is 1.83. The van der Waals surface area contributed by atoms with Crippen molar-refractivity contribution in [3.8, 4) is 0 Å². The van der Waals surface area contributed by atoms with Gasteiger partial charge in [0.2, 0.25) is 5.91 Å². The Kier molecular flexibility index (Phi) is 4.84. The standard InChI is InChI=1S/C14H15NOS2/c1-17-12-6-4-11(5-7-12)15-14(16)9-8-13-3-2-10-18-13/h2-7,10H,8-9H2,1H3,(H,15,16). The molecule has 0 aliphatic rings. The number of anilines is 1. The third-order valence-corrected chi connectivity index (χ3v) is 4.23. The van der Waals surface area contributed by atoms with Crippen LogP contribution >= 0.6 is 23.1 Å². The molecule has 2 nitrogen and oxygen atoms in total. The van der Waals surface area contributed by atoms with Gasteiger partial charge in [0.05, 0.1) is 0 Å². The van der Waals surface area contributed by atoms with Crippen molar-refractivity contribution >= 4 is 34.7 Å². The molecule has 1 heterocycles. The highest BCUT2D eigenvalue weighted by atomic mass is 32.2. The molecule has 4 heteroatoms. The third kappa shape index (κ3) is 3.89. The van der Waals surface area contributed by atoms with Gasteiger partial charge in [-0.2, -0.15) is 0 Å². The summed E-state index contributed by atoms with van der Waals surface area (Å²) in [4.78, 5) is 14.2. The second-order valence-corrected chi connectivity index (χ2v) is 5.77. The Hall–Kier alpha value is -1.26. The molecule has 0 atom stereocenters. The summed E-state index contributed by atoms with van der Waals surface area (Å²) in [6.07, 6.45) is 3.38. The topological polar surface area (TPSA) is 29.1 Å². The minimum atomic E-state index is 0.0697. The molecule has 0 bridgehead atoms. The maximum Gasteiger partial charge on any atom is 0.224 e. The number of hydrogen-bond acceptors (Lipinski definition) is 3. The van der Waals surface area contributed by atoms with Gasteiger partial charge in [-0.1, -0.05) is 6.07 Å². The fourth-order valence-electron chi connectivity index (χ4n) is 1.59. The van der Waals surface area contributed by atoms with E-state index in [1.807, 2.05) is 42.0 Å². The molecule has 0 unspecified atom stereocenters. The van der Waals surface area contributed by atoms with Crippen molar-refractivity contribution in [2.45, 2.75) is 17.7 Å². The SMILES string of the molecule is CSc1ccc(NC(=O)CCc2cccs2)cc1. The van der Waals surface area contributed by atoms with Gasteiger partial charge in [-0.05, 0) is 48.4 Å². The first-order valence-electron chi connectivity index (χ1n) is 5.74. The molecule has 0 fully saturated rings. The van der Waals surface area contributed by atoms with Crippen LogP contribution in [-0.2, 0) is 11.2 Å². The molecule has 0 aliphatic carbocycles.